The van der Waals surface area contributed by atoms with Gasteiger partial charge in [0.2, 0.25) is 0 Å². The molecule has 1 aromatic rings. The summed E-state index contributed by atoms with van der Waals surface area (Å²) in [7, 11) is 0. The summed E-state index contributed by atoms with van der Waals surface area (Å²) in [4.78, 5) is 0. The molecule has 0 saturated carbocycles. The Labute approximate surface area is 99.3 Å². The fraction of sp³-hybridized carbons (Fsp3) is 0.455. The van der Waals surface area contributed by atoms with E-state index in [1.54, 1.807) is 0 Å². The van der Waals surface area contributed by atoms with Crippen LogP contribution in [0.1, 0.15) is 31.9 Å². The van der Waals surface area contributed by atoms with Crippen LogP contribution in [0.15, 0.2) is 24.3 Å². The van der Waals surface area contributed by atoms with E-state index in [2.05, 4.69) is 45.0 Å². The zero-order valence-electron chi connectivity index (χ0n) is 8.21. The van der Waals surface area contributed by atoms with Gasteiger partial charge in [-0.15, -0.1) is 11.6 Å². The van der Waals surface area contributed by atoms with Gasteiger partial charge in [-0.2, -0.15) is 0 Å². The maximum Gasteiger partial charge on any atom is 0.0474 e. The van der Waals surface area contributed by atoms with Crippen LogP contribution in [0.2, 0.25) is 0 Å². The molecule has 0 bridgehead atoms. The van der Waals surface area contributed by atoms with Crippen LogP contribution in [0, 0.1) is 0 Å². The summed E-state index contributed by atoms with van der Waals surface area (Å²) in [5.41, 5.74) is 2.77. The van der Waals surface area contributed by atoms with E-state index in [0.29, 0.717) is 5.88 Å². The van der Waals surface area contributed by atoms with E-state index < -0.39 is 0 Å². The molecule has 0 saturated heterocycles. The maximum atomic E-state index is 5.75. The quantitative estimate of drug-likeness (QED) is 0.546. The van der Waals surface area contributed by atoms with Crippen LogP contribution in [0.25, 0.3) is 0 Å². The molecular weight excluding hydrogens is 274 g/mol. The van der Waals surface area contributed by atoms with E-state index in [4.69, 9.17) is 11.6 Å². The fourth-order valence-corrected chi connectivity index (χ4v) is 1.29. The number of hydrogen-bond donors (Lipinski definition) is 0. The Hall–Kier alpha value is 0.172. The second kappa shape index (κ2) is 5.15. The summed E-state index contributed by atoms with van der Waals surface area (Å²) in [5, 5.41) is 0. The molecule has 0 nitrogen and oxygen atoms in total. The van der Waals surface area contributed by atoms with Crippen molar-refractivity contribution in [1.82, 2.24) is 0 Å². The molecule has 0 radical (unpaired) electrons. The molecule has 1 rings (SSSR count). The molecule has 76 valence electrons. The van der Waals surface area contributed by atoms with Gasteiger partial charge in [0.15, 0.2) is 0 Å². The van der Waals surface area contributed by atoms with Gasteiger partial charge in [-0.3, -0.25) is 0 Å². The molecule has 2 heteroatoms. The normalized spacial score (nSPS) is 10.8. The molecule has 0 N–H and O–H groups in total. The second-order valence-electron chi connectivity index (χ2n) is 4.08. The average molecular weight is 289 g/mol. The number of rotatable bonds is 1. The number of hydrogen-bond acceptors (Lipinski definition) is 0. The van der Waals surface area contributed by atoms with Gasteiger partial charge in [-0.25, -0.2) is 0 Å². The molecule has 0 aliphatic carbocycles. The van der Waals surface area contributed by atoms with E-state index in [0.717, 1.165) is 0 Å². The largest absolute Gasteiger partial charge is 0.122 e. The van der Waals surface area contributed by atoms with Gasteiger partial charge in [-0.05, 0) is 16.5 Å². The van der Waals surface area contributed by atoms with Crippen molar-refractivity contribution in [1.29, 1.82) is 0 Å². The number of benzene rings is 1. The average Bonchev–Trinajstić information content (AvgIpc) is 2.03. The Morgan fingerprint density at radius 2 is 1.85 bits per heavy atom. The van der Waals surface area contributed by atoms with Crippen LogP contribution < -0.4 is 0 Å². The standard InChI is InChI=1S/C11H15Cl.Pd/c1-11(2,3)10-6-4-5-9(7-10)8-12;/h4-7H,8H2,1-3H3;. The third-order valence-corrected chi connectivity index (χ3v) is 2.26. The predicted molar refractivity (Wildman–Crippen MR) is 54.7 cm³/mol. The van der Waals surface area contributed by atoms with Gasteiger partial charge in [-0.1, -0.05) is 45.0 Å². The first-order valence-corrected chi connectivity index (χ1v) is 4.73. The smallest absolute Gasteiger partial charge is 0.0474 e. The molecule has 0 amide bonds. The van der Waals surface area contributed by atoms with Crippen LogP contribution in [0.5, 0.6) is 0 Å². The summed E-state index contributed by atoms with van der Waals surface area (Å²) in [5.74, 6) is 0.601. The van der Waals surface area contributed by atoms with Crippen LogP contribution in [-0.2, 0) is 31.7 Å². The Bertz CT molecular complexity index is 263. The molecule has 0 aliphatic heterocycles. The summed E-state index contributed by atoms with van der Waals surface area (Å²) < 4.78 is 0. The van der Waals surface area contributed by atoms with Crippen molar-refractivity contribution >= 4 is 11.6 Å². The number of alkyl halides is 1. The van der Waals surface area contributed by atoms with Crippen molar-refractivity contribution in [2.45, 2.75) is 32.1 Å². The first-order valence-electron chi connectivity index (χ1n) is 4.19. The second-order valence-corrected chi connectivity index (χ2v) is 4.35. The van der Waals surface area contributed by atoms with Crippen molar-refractivity contribution in [2.24, 2.45) is 0 Å². The number of halogens is 1. The maximum absolute atomic E-state index is 5.75. The van der Waals surface area contributed by atoms with Crippen LogP contribution >= 0.6 is 11.6 Å². The van der Waals surface area contributed by atoms with Crippen molar-refractivity contribution in [3.8, 4) is 0 Å². The molecule has 0 aromatic heterocycles. The molecular formula is C11H15ClPd. The molecule has 0 atom stereocenters. The van der Waals surface area contributed by atoms with Crippen LogP contribution in [-0.4, -0.2) is 0 Å². The minimum atomic E-state index is 0. The van der Waals surface area contributed by atoms with Crippen molar-refractivity contribution < 1.29 is 20.4 Å². The molecule has 0 heterocycles. The summed E-state index contributed by atoms with van der Waals surface area (Å²) in [6.45, 7) is 6.63. The zero-order valence-corrected chi connectivity index (χ0v) is 10.5. The Kier molecular flexibility index (Phi) is 5.22. The molecule has 0 fully saturated rings. The molecule has 0 aliphatic rings. The van der Waals surface area contributed by atoms with Gasteiger partial charge >= 0.3 is 0 Å². The van der Waals surface area contributed by atoms with E-state index >= 15 is 0 Å². The molecule has 0 unspecified atom stereocenters. The van der Waals surface area contributed by atoms with Gasteiger partial charge in [0.25, 0.3) is 0 Å². The Morgan fingerprint density at radius 1 is 1.23 bits per heavy atom. The van der Waals surface area contributed by atoms with E-state index in [1.807, 2.05) is 0 Å². The summed E-state index contributed by atoms with van der Waals surface area (Å²) >= 11 is 5.75. The first-order chi connectivity index (χ1) is 5.54. The Balaban J connectivity index is 0.00000144. The van der Waals surface area contributed by atoms with Crippen LogP contribution in [0.4, 0.5) is 0 Å². The Morgan fingerprint density at radius 3 is 2.31 bits per heavy atom. The topological polar surface area (TPSA) is 0 Å². The van der Waals surface area contributed by atoms with Crippen molar-refractivity contribution in [3.05, 3.63) is 35.4 Å². The predicted octanol–water partition coefficient (Wildman–Crippen LogP) is 3.72. The molecule has 1 aromatic carbocycles. The third-order valence-electron chi connectivity index (χ3n) is 1.95. The van der Waals surface area contributed by atoms with Crippen molar-refractivity contribution in [2.75, 3.05) is 0 Å². The van der Waals surface area contributed by atoms with E-state index in [9.17, 15) is 0 Å². The minimum Gasteiger partial charge on any atom is -0.122 e. The van der Waals surface area contributed by atoms with E-state index in [1.165, 1.54) is 11.1 Å². The van der Waals surface area contributed by atoms with Gasteiger partial charge in [0.05, 0.1) is 0 Å². The SMILES string of the molecule is CC(C)(C)c1cccc(CCl)c1.[Pd]. The monoisotopic (exact) mass is 288 g/mol. The molecule has 13 heavy (non-hydrogen) atoms. The van der Waals surface area contributed by atoms with Gasteiger partial charge in [0, 0.05) is 26.3 Å². The summed E-state index contributed by atoms with van der Waals surface area (Å²) in [6, 6.07) is 8.45. The van der Waals surface area contributed by atoms with Gasteiger partial charge < -0.3 is 0 Å². The zero-order chi connectivity index (χ0) is 9.19. The minimum absolute atomic E-state index is 0. The first kappa shape index (κ1) is 13.2. The fourth-order valence-electron chi connectivity index (χ4n) is 1.12. The third kappa shape index (κ3) is 3.81. The van der Waals surface area contributed by atoms with Crippen molar-refractivity contribution in [3.63, 3.8) is 0 Å². The summed E-state index contributed by atoms with van der Waals surface area (Å²) in [6.07, 6.45) is 0. The molecule has 0 spiro atoms. The van der Waals surface area contributed by atoms with Gasteiger partial charge in [0.1, 0.15) is 0 Å². The van der Waals surface area contributed by atoms with Crippen LogP contribution in [0.3, 0.4) is 0 Å². The van der Waals surface area contributed by atoms with E-state index in [-0.39, 0.29) is 25.8 Å².